The van der Waals surface area contributed by atoms with Crippen LogP contribution in [0.1, 0.15) is 20.7 Å². The van der Waals surface area contributed by atoms with Gasteiger partial charge in [0.1, 0.15) is 5.75 Å². The number of amides is 2. The fourth-order valence-corrected chi connectivity index (χ4v) is 3.21. The fourth-order valence-electron chi connectivity index (χ4n) is 3.21. The number of carbonyl (C=O) groups is 2. The molecule has 4 aromatic rings. The van der Waals surface area contributed by atoms with Gasteiger partial charge in [-0.1, -0.05) is 17.2 Å². The van der Waals surface area contributed by atoms with E-state index >= 15 is 0 Å². The second-order valence-electron chi connectivity index (χ2n) is 7.35. The molecule has 0 spiro atoms. The highest BCUT2D eigenvalue weighted by Crippen LogP contribution is 2.26. The largest absolute Gasteiger partial charge is 0.497 e. The molecule has 37 heavy (non-hydrogen) atoms. The second-order valence-corrected chi connectivity index (χ2v) is 7.35. The molecule has 4 rings (SSSR count). The average Bonchev–Trinajstić information content (AvgIpc) is 3.37. The lowest BCUT2D eigenvalue weighted by Crippen LogP contribution is -2.18. The molecule has 14 heteroatoms. The summed E-state index contributed by atoms with van der Waals surface area (Å²) in [6.45, 7) is 0. The molecule has 1 heterocycles. The summed E-state index contributed by atoms with van der Waals surface area (Å²) in [5, 5.41) is 34.8. The van der Waals surface area contributed by atoms with Gasteiger partial charge in [-0.15, -0.1) is 5.10 Å². The number of benzene rings is 3. The van der Waals surface area contributed by atoms with E-state index in [1.165, 1.54) is 25.3 Å². The van der Waals surface area contributed by atoms with E-state index in [1.54, 1.807) is 30.3 Å². The zero-order valence-electron chi connectivity index (χ0n) is 18.9. The van der Waals surface area contributed by atoms with Crippen molar-refractivity contribution in [3.63, 3.8) is 0 Å². The van der Waals surface area contributed by atoms with Crippen molar-refractivity contribution in [2.24, 2.45) is 0 Å². The molecule has 0 aliphatic heterocycles. The Morgan fingerprint density at radius 2 is 1.51 bits per heavy atom. The van der Waals surface area contributed by atoms with Gasteiger partial charge in [0, 0.05) is 17.7 Å². The maximum atomic E-state index is 12.9. The lowest BCUT2D eigenvalue weighted by molar-refractivity contribution is -0.394. The lowest BCUT2D eigenvalue weighted by atomic mass is 10.1. The van der Waals surface area contributed by atoms with Crippen molar-refractivity contribution in [2.75, 3.05) is 17.7 Å². The van der Waals surface area contributed by atoms with E-state index in [2.05, 4.69) is 20.8 Å². The summed E-state index contributed by atoms with van der Waals surface area (Å²) in [4.78, 5) is 46.2. The van der Waals surface area contributed by atoms with Crippen LogP contribution in [0.4, 0.5) is 23.1 Å². The molecule has 0 fully saturated rings. The van der Waals surface area contributed by atoms with Gasteiger partial charge >= 0.3 is 6.01 Å². The highest BCUT2D eigenvalue weighted by atomic mass is 16.6. The van der Waals surface area contributed by atoms with Crippen LogP contribution in [0.3, 0.4) is 0 Å². The van der Waals surface area contributed by atoms with Crippen LogP contribution < -0.4 is 15.4 Å². The number of nitro groups is 2. The number of para-hydroxylation sites is 1. The number of rotatable bonds is 8. The van der Waals surface area contributed by atoms with Crippen LogP contribution in [0.25, 0.3) is 11.5 Å². The molecule has 2 N–H and O–H groups in total. The summed E-state index contributed by atoms with van der Waals surface area (Å²) in [6.07, 6.45) is 0. The average molecular weight is 504 g/mol. The van der Waals surface area contributed by atoms with Crippen molar-refractivity contribution in [2.45, 2.75) is 0 Å². The molecule has 2 amide bonds. The maximum Gasteiger partial charge on any atom is 0.322 e. The van der Waals surface area contributed by atoms with Crippen LogP contribution in [-0.2, 0) is 0 Å². The molecule has 0 bridgehead atoms. The summed E-state index contributed by atoms with van der Waals surface area (Å²) >= 11 is 0. The molecular weight excluding hydrogens is 488 g/mol. The molecule has 186 valence electrons. The fraction of sp³-hybridized carbons (Fsp3) is 0.0435. The van der Waals surface area contributed by atoms with Crippen LogP contribution in [-0.4, -0.2) is 39.0 Å². The van der Waals surface area contributed by atoms with E-state index in [0.29, 0.717) is 11.3 Å². The van der Waals surface area contributed by atoms with Crippen LogP contribution in [0, 0.1) is 20.2 Å². The third-order valence-electron chi connectivity index (χ3n) is 4.99. The molecule has 3 aromatic carbocycles. The summed E-state index contributed by atoms with van der Waals surface area (Å²) < 4.78 is 10.6. The van der Waals surface area contributed by atoms with E-state index in [0.717, 1.165) is 18.2 Å². The van der Waals surface area contributed by atoms with Gasteiger partial charge in [0.05, 0.1) is 39.8 Å². The summed E-state index contributed by atoms with van der Waals surface area (Å²) in [5.74, 6) is -0.820. The Balaban J connectivity index is 1.53. The number of nitro benzene ring substituents is 2. The molecule has 0 atom stereocenters. The van der Waals surface area contributed by atoms with Crippen LogP contribution >= 0.6 is 0 Å². The minimum atomic E-state index is -0.897. The summed E-state index contributed by atoms with van der Waals surface area (Å²) in [5.41, 5.74) is -0.970. The Labute approximate surface area is 207 Å². The number of hydrogen-bond donors (Lipinski definition) is 2. The number of ether oxygens (including phenoxy) is 1. The van der Waals surface area contributed by atoms with Gasteiger partial charge in [0.25, 0.3) is 23.2 Å². The van der Waals surface area contributed by atoms with Gasteiger partial charge in [0.2, 0.25) is 5.89 Å². The van der Waals surface area contributed by atoms with E-state index in [9.17, 15) is 29.8 Å². The first kappa shape index (κ1) is 24.5. The zero-order chi connectivity index (χ0) is 26.5. The minimum Gasteiger partial charge on any atom is -0.497 e. The second kappa shape index (κ2) is 10.3. The molecule has 0 saturated heterocycles. The Morgan fingerprint density at radius 3 is 2.14 bits per heavy atom. The molecule has 0 unspecified atom stereocenters. The predicted molar refractivity (Wildman–Crippen MR) is 128 cm³/mol. The van der Waals surface area contributed by atoms with Crippen molar-refractivity contribution in [1.29, 1.82) is 0 Å². The number of nitrogens with one attached hydrogen (secondary N) is 2. The lowest BCUT2D eigenvalue weighted by Gasteiger charge is -2.10. The van der Waals surface area contributed by atoms with Crippen molar-refractivity contribution in [3.05, 3.63) is 98.1 Å². The normalized spacial score (nSPS) is 10.4. The SMILES string of the molecule is COc1ccc(-c2nnc(NC(=O)c3ccccc3NC(=O)c3cc([N+](=O)[O-])cc([N+](=O)[O-])c3)o2)cc1. The first-order chi connectivity index (χ1) is 17.7. The molecule has 0 saturated carbocycles. The standard InChI is InChI=1S/C23H16N6O8/c1-36-17-8-6-13(7-9-17)22-26-27-23(37-22)25-21(31)18-4-2-3-5-19(18)24-20(30)14-10-15(28(32)33)12-16(11-14)29(34)35/h2-12H,1H3,(H,24,30)(H,25,27,31). The topological polar surface area (TPSA) is 193 Å². The van der Waals surface area contributed by atoms with Crippen LogP contribution in [0.5, 0.6) is 5.75 Å². The smallest absolute Gasteiger partial charge is 0.322 e. The van der Waals surface area contributed by atoms with Crippen molar-refractivity contribution < 1.29 is 28.6 Å². The highest BCUT2D eigenvalue weighted by Gasteiger charge is 2.22. The third kappa shape index (κ3) is 5.54. The Morgan fingerprint density at radius 1 is 0.865 bits per heavy atom. The molecule has 0 aliphatic rings. The van der Waals surface area contributed by atoms with Crippen LogP contribution in [0.15, 0.2) is 71.1 Å². The monoisotopic (exact) mass is 504 g/mol. The number of non-ortho nitro benzene ring substituents is 2. The number of carbonyl (C=O) groups excluding carboxylic acids is 2. The summed E-state index contributed by atoms with van der Waals surface area (Å²) in [7, 11) is 1.53. The number of methoxy groups -OCH3 is 1. The number of anilines is 2. The van der Waals surface area contributed by atoms with Gasteiger partial charge in [-0.25, -0.2) is 0 Å². The molecule has 0 radical (unpaired) electrons. The minimum absolute atomic E-state index is 0.0000203. The Bertz CT molecular complexity index is 1480. The van der Waals surface area contributed by atoms with E-state index in [-0.39, 0.29) is 28.7 Å². The molecule has 0 aliphatic carbocycles. The Kier molecular flexibility index (Phi) is 6.81. The summed E-state index contributed by atoms with van der Waals surface area (Å²) in [6, 6.07) is 15.0. The van der Waals surface area contributed by atoms with Gasteiger partial charge in [-0.05, 0) is 36.4 Å². The quantitative estimate of drug-likeness (QED) is 0.261. The molecular formula is C23H16N6O8. The zero-order valence-corrected chi connectivity index (χ0v) is 18.9. The van der Waals surface area contributed by atoms with Gasteiger partial charge in [-0.3, -0.25) is 35.1 Å². The Hall–Kier alpha value is -5.66. The first-order valence-corrected chi connectivity index (χ1v) is 10.4. The van der Waals surface area contributed by atoms with E-state index < -0.39 is 33.0 Å². The van der Waals surface area contributed by atoms with Crippen molar-refractivity contribution >= 4 is 34.9 Å². The van der Waals surface area contributed by atoms with Crippen molar-refractivity contribution in [3.8, 4) is 17.2 Å². The number of aromatic nitrogens is 2. The van der Waals surface area contributed by atoms with Gasteiger partial charge in [0.15, 0.2) is 0 Å². The van der Waals surface area contributed by atoms with Gasteiger partial charge in [-0.2, -0.15) is 0 Å². The molecule has 14 nitrogen and oxygen atoms in total. The number of nitrogens with zero attached hydrogens (tertiary/aromatic N) is 4. The van der Waals surface area contributed by atoms with E-state index in [4.69, 9.17) is 9.15 Å². The van der Waals surface area contributed by atoms with E-state index in [1.807, 2.05) is 0 Å². The molecule has 1 aromatic heterocycles. The van der Waals surface area contributed by atoms with Gasteiger partial charge < -0.3 is 14.5 Å². The maximum absolute atomic E-state index is 12.9. The first-order valence-electron chi connectivity index (χ1n) is 10.4. The predicted octanol–water partition coefficient (Wildman–Crippen LogP) is 4.07. The third-order valence-corrected chi connectivity index (χ3v) is 4.99. The number of hydrogen-bond acceptors (Lipinski definition) is 10. The van der Waals surface area contributed by atoms with Crippen LogP contribution in [0.2, 0.25) is 0 Å². The van der Waals surface area contributed by atoms with Crippen molar-refractivity contribution in [1.82, 2.24) is 10.2 Å². The highest BCUT2D eigenvalue weighted by molar-refractivity contribution is 6.12.